The Balaban J connectivity index is 3.92. The minimum Gasteiger partial charge on any atom is -0.459 e. The smallest absolute Gasteiger partial charge is 0.330 e. The molecule has 0 amide bonds. The molecule has 1 unspecified atom stereocenters. The van der Waals surface area contributed by atoms with Crippen LogP contribution < -0.4 is 0 Å². The summed E-state index contributed by atoms with van der Waals surface area (Å²) in [5.74, 6) is 0.258. The summed E-state index contributed by atoms with van der Waals surface area (Å²) in [5, 5.41) is 0. The Kier molecular flexibility index (Phi) is 6.29. The van der Waals surface area contributed by atoms with Gasteiger partial charge in [0, 0.05) is 6.08 Å². The zero-order valence-electron chi connectivity index (χ0n) is 8.88. The van der Waals surface area contributed by atoms with E-state index in [4.69, 9.17) is 4.74 Å². The van der Waals surface area contributed by atoms with Crippen LogP contribution in [0.15, 0.2) is 12.7 Å². The van der Waals surface area contributed by atoms with Crippen LogP contribution in [0.4, 0.5) is 0 Å². The fourth-order valence-corrected chi connectivity index (χ4v) is 1.29. The molecule has 0 N–H and O–H groups in total. The molecule has 0 aliphatic heterocycles. The van der Waals surface area contributed by atoms with Gasteiger partial charge in [-0.15, -0.1) is 0 Å². The van der Waals surface area contributed by atoms with Gasteiger partial charge in [0.1, 0.15) is 6.10 Å². The van der Waals surface area contributed by atoms with E-state index in [9.17, 15) is 4.79 Å². The average Bonchev–Trinajstić information content (AvgIpc) is 2.03. The highest BCUT2D eigenvalue weighted by molar-refractivity contribution is 5.81. The molecule has 0 aliphatic rings. The van der Waals surface area contributed by atoms with Gasteiger partial charge in [0.25, 0.3) is 0 Å². The first-order valence-electron chi connectivity index (χ1n) is 4.93. The number of esters is 1. The molecule has 0 fully saturated rings. The quantitative estimate of drug-likeness (QED) is 0.468. The normalized spacial score (nSPS) is 12.6. The minimum atomic E-state index is -0.306. The van der Waals surface area contributed by atoms with Gasteiger partial charge >= 0.3 is 5.97 Å². The highest BCUT2D eigenvalue weighted by Crippen LogP contribution is 2.13. The molecule has 2 heteroatoms. The van der Waals surface area contributed by atoms with Crippen LogP contribution in [0.5, 0.6) is 0 Å². The summed E-state index contributed by atoms with van der Waals surface area (Å²) in [4.78, 5) is 10.9. The Hall–Kier alpha value is -0.790. The van der Waals surface area contributed by atoms with Gasteiger partial charge in [0.2, 0.25) is 0 Å². The van der Waals surface area contributed by atoms with Crippen molar-refractivity contribution in [1.29, 1.82) is 0 Å². The molecule has 0 aliphatic carbocycles. The minimum absolute atomic E-state index is 0.0653. The summed E-state index contributed by atoms with van der Waals surface area (Å²) in [5.41, 5.74) is 0. The third-order valence-electron chi connectivity index (χ3n) is 1.79. The van der Waals surface area contributed by atoms with Crippen LogP contribution in [-0.4, -0.2) is 12.1 Å². The Morgan fingerprint density at radius 2 is 2.15 bits per heavy atom. The maximum atomic E-state index is 10.9. The topological polar surface area (TPSA) is 26.3 Å². The summed E-state index contributed by atoms with van der Waals surface area (Å²) >= 11 is 0. The van der Waals surface area contributed by atoms with Gasteiger partial charge in [-0.2, -0.15) is 0 Å². The molecule has 0 aromatic carbocycles. The fourth-order valence-electron chi connectivity index (χ4n) is 1.29. The number of carbonyl (C=O) groups is 1. The molecular formula is C11H20O2. The molecule has 0 aromatic heterocycles. The number of rotatable bonds is 6. The van der Waals surface area contributed by atoms with E-state index in [1.54, 1.807) is 0 Å². The summed E-state index contributed by atoms with van der Waals surface area (Å²) in [6.45, 7) is 9.73. The molecule has 76 valence electrons. The third-order valence-corrected chi connectivity index (χ3v) is 1.79. The van der Waals surface area contributed by atoms with Crippen molar-refractivity contribution in [3.05, 3.63) is 12.7 Å². The largest absolute Gasteiger partial charge is 0.459 e. The van der Waals surface area contributed by atoms with Crippen molar-refractivity contribution in [3.63, 3.8) is 0 Å². The number of hydrogen-bond donors (Lipinski definition) is 0. The lowest BCUT2D eigenvalue weighted by molar-refractivity contribution is -0.144. The van der Waals surface area contributed by atoms with Crippen LogP contribution in [0.3, 0.4) is 0 Å². The Morgan fingerprint density at radius 1 is 1.54 bits per heavy atom. The fraction of sp³-hybridized carbons (Fsp3) is 0.727. The number of hydrogen-bond acceptors (Lipinski definition) is 2. The summed E-state index contributed by atoms with van der Waals surface area (Å²) in [7, 11) is 0. The zero-order valence-corrected chi connectivity index (χ0v) is 8.88. The van der Waals surface area contributed by atoms with Crippen molar-refractivity contribution in [3.8, 4) is 0 Å². The molecule has 2 nitrogen and oxygen atoms in total. The molecule has 0 heterocycles. The molecule has 13 heavy (non-hydrogen) atoms. The summed E-state index contributed by atoms with van der Waals surface area (Å²) in [6, 6.07) is 0. The van der Waals surface area contributed by atoms with Crippen molar-refractivity contribution in [1.82, 2.24) is 0 Å². The lowest BCUT2D eigenvalue weighted by Gasteiger charge is -2.17. The Labute approximate surface area is 81.0 Å². The Bertz CT molecular complexity index is 161. The van der Waals surface area contributed by atoms with E-state index in [0.717, 1.165) is 19.3 Å². The van der Waals surface area contributed by atoms with E-state index in [1.807, 2.05) is 0 Å². The van der Waals surface area contributed by atoms with Crippen molar-refractivity contribution < 1.29 is 9.53 Å². The highest BCUT2D eigenvalue weighted by Gasteiger charge is 2.12. The van der Waals surface area contributed by atoms with Gasteiger partial charge in [-0.05, 0) is 18.8 Å². The Morgan fingerprint density at radius 3 is 2.54 bits per heavy atom. The van der Waals surface area contributed by atoms with Crippen LogP contribution in [0.25, 0.3) is 0 Å². The standard InChI is InChI=1S/C11H20O2/c1-5-7-10(8-9(3)4)13-11(12)6-2/h6,9-10H,2,5,7-8H2,1,3-4H3. The first-order valence-corrected chi connectivity index (χ1v) is 4.93. The first kappa shape index (κ1) is 12.2. The van der Waals surface area contributed by atoms with Gasteiger partial charge in [0.15, 0.2) is 0 Å². The summed E-state index contributed by atoms with van der Waals surface area (Å²) in [6.07, 6.45) is 4.21. The molecule has 0 spiro atoms. The molecule has 0 radical (unpaired) electrons. The molecule has 0 aromatic rings. The van der Waals surface area contributed by atoms with Crippen LogP contribution in [0, 0.1) is 5.92 Å². The van der Waals surface area contributed by atoms with Crippen LogP contribution in [0.2, 0.25) is 0 Å². The molecule has 1 atom stereocenters. The van der Waals surface area contributed by atoms with Gasteiger partial charge in [-0.25, -0.2) is 4.79 Å². The zero-order chi connectivity index (χ0) is 10.3. The predicted molar refractivity (Wildman–Crippen MR) is 54.4 cm³/mol. The molecule has 0 saturated heterocycles. The van der Waals surface area contributed by atoms with Gasteiger partial charge < -0.3 is 4.74 Å². The maximum Gasteiger partial charge on any atom is 0.330 e. The lowest BCUT2D eigenvalue weighted by Crippen LogP contribution is -2.18. The number of ether oxygens (including phenoxy) is 1. The third kappa shape index (κ3) is 6.38. The van der Waals surface area contributed by atoms with Crippen LogP contribution in [-0.2, 0) is 9.53 Å². The van der Waals surface area contributed by atoms with Gasteiger partial charge in [-0.1, -0.05) is 33.8 Å². The molecule has 0 saturated carbocycles. The molecule has 0 bridgehead atoms. The second-order valence-corrected chi connectivity index (χ2v) is 3.68. The highest BCUT2D eigenvalue weighted by atomic mass is 16.5. The van der Waals surface area contributed by atoms with E-state index < -0.39 is 0 Å². The molecular weight excluding hydrogens is 164 g/mol. The molecule has 0 rings (SSSR count). The number of carbonyl (C=O) groups excluding carboxylic acids is 1. The van der Waals surface area contributed by atoms with E-state index in [0.29, 0.717) is 5.92 Å². The van der Waals surface area contributed by atoms with E-state index in [1.165, 1.54) is 6.08 Å². The van der Waals surface area contributed by atoms with E-state index in [2.05, 4.69) is 27.4 Å². The van der Waals surface area contributed by atoms with E-state index in [-0.39, 0.29) is 12.1 Å². The monoisotopic (exact) mass is 184 g/mol. The van der Waals surface area contributed by atoms with Crippen LogP contribution >= 0.6 is 0 Å². The predicted octanol–water partition coefficient (Wildman–Crippen LogP) is 2.93. The first-order chi connectivity index (χ1) is 6.10. The van der Waals surface area contributed by atoms with Crippen LogP contribution in [0.1, 0.15) is 40.0 Å². The summed E-state index contributed by atoms with van der Waals surface area (Å²) < 4.78 is 5.19. The second kappa shape index (κ2) is 6.70. The van der Waals surface area contributed by atoms with Crippen molar-refractivity contribution in [2.75, 3.05) is 0 Å². The van der Waals surface area contributed by atoms with E-state index >= 15 is 0 Å². The van der Waals surface area contributed by atoms with Gasteiger partial charge in [-0.3, -0.25) is 0 Å². The van der Waals surface area contributed by atoms with Gasteiger partial charge in [0.05, 0.1) is 0 Å². The maximum absolute atomic E-state index is 10.9. The van der Waals surface area contributed by atoms with Crippen molar-refractivity contribution in [2.24, 2.45) is 5.92 Å². The average molecular weight is 184 g/mol. The van der Waals surface area contributed by atoms with Crippen molar-refractivity contribution >= 4 is 5.97 Å². The second-order valence-electron chi connectivity index (χ2n) is 3.68. The SMILES string of the molecule is C=CC(=O)OC(CCC)CC(C)C. The lowest BCUT2D eigenvalue weighted by atomic mass is 10.0. The van der Waals surface area contributed by atoms with Crippen molar-refractivity contribution in [2.45, 2.75) is 46.1 Å².